The quantitative estimate of drug-likeness (QED) is 0.716. The van der Waals surface area contributed by atoms with E-state index in [9.17, 15) is 4.79 Å². The molecular weight excluding hydrogens is 188 g/mol. The molecule has 0 rings (SSSR count). The van der Waals surface area contributed by atoms with Crippen LogP contribution in [0, 0.1) is 5.41 Å². The zero-order chi connectivity index (χ0) is 12.2. The van der Waals surface area contributed by atoms with E-state index in [1.807, 2.05) is 39.0 Å². The lowest BCUT2D eigenvalue weighted by Crippen LogP contribution is -2.34. The van der Waals surface area contributed by atoms with Crippen LogP contribution < -0.4 is 0 Å². The van der Waals surface area contributed by atoms with E-state index in [1.165, 1.54) is 0 Å². The molecule has 0 saturated heterocycles. The molecule has 15 heavy (non-hydrogen) atoms. The highest BCUT2D eigenvalue weighted by atomic mass is 16.2. The molecule has 0 unspecified atom stereocenters. The monoisotopic (exact) mass is 212 g/mol. The molecule has 0 aromatic heterocycles. The van der Waals surface area contributed by atoms with Gasteiger partial charge in [0.15, 0.2) is 0 Å². The van der Waals surface area contributed by atoms with Gasteiger partial charge in [-0.1, -0.05) is 20.8 Å². The van der Waals surface area contributed by atoms with Gasteiger partial charge in [0.2, 0.25) is 5.91 Å². The maximum atomic E-state index is 11.9. The van der Waals surface area contributed by atoms with E-state index in [1.54, 1.807) is 4.90 Å². The van der Waals surface area contributed by atoms with Gasteiger partial charge in [-0.25, -0.2) is 0 Å². The molecule has 0 spiro atoms. The largest absolute Gasteiger partial charge is 0.364 e. The lowest BCUT2D eigenvalue weighted by molar-refractivity contribution is -0.130. The molecule has 3 nitrogen and oxygen atoms in total. The summed E-state index contributed by atoms with van der Waals surface area (Å²) in [6.07, 6.45) is 2.51. The van der Waals surface area contributed by atoms with E-state index in [2.05, 4.69) is 20.8 Å². The van der Waals surface area contributed by atoms with E-state index >= 15 is 0 Å². The molecule has 0 aromatic carbocycles. The van der Waals surface area contributed by atoms with Crippen LogP contribution in [0.2, 0.25) is 0 Å². The third kappa shape index (κ3) is 4.86. The minimum atomic E-state index is 0.0382. The molecule has 0 aromatic rings. The van der Waals surface area contributed by atoms with Crippen molar-refractivity contribution < 1.29 is 4.79 Å². The van der Waals surface area contributed by atoms with E-state index in [0.717, 1.165) is 5.82 Å². The molecule has 0 fully saturated rings. The Hall–Kier alpha value is -0.990. The van der Waals surface area contributed by atoms with Crippen LogP contribution in [0.3, 0.4) is 0 Å². The average Bonchev–Trinajstić information content (AvgIpc) is 2.01. The summed E-state index contributed by atoms with van der Waals surface area (Å²) in [7, 11) is 5.70. The van der Waals surface area contributed by atoms with Crippen LogP contribution in [-0.4, -0.2) is 36.9 Å². The van der Waals surface area contributed by atoms with Gasteiger partial charge in [-0.3, -0.25) is 4.79 Å². The number of nitrogens with zero attached hydrogens (tertiary/aromatic N) is 2. The Morgan fingerprint density at radius 2 is 1.67 bits per heavy atom. The van der Waals surface area contributed by atoms with E-state index in [4.69, 9.17) is 0 Å². The number of carbonyl (C=O) groups excluding carboxylic acids is 1. The first-order valence-electron chi connectivity index (χ1n) is 5.29. The summed E-state index contributed by atoms with van der Waals surface area (Å²) in [6.45, 7) is 8.16. The summed E-state index contributed by atoms with van der Waals surface area (Å²) in [5.74, 6) is 1.09. The highest BCUT2D eigenvalue weighted by Gasteiger charge is 2.21. The maximum Gasteiger partial charge on any atom is 0.228 e. The molecule has 0 atom stereocenters. The second-order valence-corrected chi connectivity index (χ2v) is 5.23. The van der Waals surface area contributed by atoms with Crippen LogP contribution in [0.15, 0.2) is 11.9 Å². The fraction of sp³-hybridized carbons (Fsp3) is 0.750. The van der Waals surface area contributed by atoms with Crippen molar-refractivity contribution in [2.45, 2.75) is 34.1 Å². The number of carbonyl (C=O) groups is 1. The molecule has 3 heteroatoms. The van der Waals surface area contributed by atoms with E-state index in [0.29, 0.717) is 6.42 Å². The molecule has 88 valence electrons. The first-order valence-corrected chi connectivity index (χ1v) is 5.29. The summed E-state index contributed by atoms with van der Waals surface area (Å²) in [4.78, 5) is 15.6. The molecule has 0 saturated carbocycles. The van der Waals surface area contributed by atoms with Crippen LogP contribution in [0.25, 0.3) is 0 Å². The Kier molecular flexibility index (Phi) is 4.85. The molecule has 0 aliphatic rings. The van der Waals surface area contributed by atoms with Crippen molar-refractivity contribution >= 4 is 5.91 Å². The van der Waals surface area contributed by atoms with Crippen molar-refractivity contribution in [3.8, 4) is 0 Å². The number of hydrogen-bond acceptors (Lipinski definition) is 2. The SMILES string of the molecule is C/C=C(/N(C)C)N(C)C(=O)CC(C)(C)C. The molecule has 0 N–H and O–H groups in total. The van der Waals surface area contributed by atoms with Gasteiger partial charge < -0.3 is 9.80 Å². The Morgan fingerprint density at radius 3 is 1.93 bits per heavy atom. The van der Waals surface area contributed by atoms with Crippen molar-refractivity contribution in [3.63, 3.8) is 0 Å². The maximum absolute atomic E-state index is 11.9. The van der Waals surface area contributed by atoms with Gasteiger partial charge in [0.1, 0.15) is 5.82 Å². The number of hydrogen-bond donors (Lipinski definition) is 0. The third-order valence-corrected chi connectivity index (χ3v) is 2.12. The minimum absolute atomic E-state index is 0.0382. The van der Waals surface area contributed by atoms with Gasteiger partial charge in [0, 0.05) is 27.6 Å². The van der Waals surface area contributed by atoms with Crippen LogP contribution in [0.5, 0.6) is 0 Å². The summed E-state index contributed by atoms with van der Waals surface area (Å²) in [5.41, 5.74) is 0.0382. The number of amides is 1. The van der Waals surface area contributed by atoms with E-state index in [-0.39, 0.29) is 11.3 Å². The van der Waals surface area contributed by atoms with Crippen LogP contribution >= 0.6 is 0 Å². The molecule has 1 amide bonds. The van der Waals surface area contributed by atoms with E-state index < -0.39 is 0 Å². The van der Waals surface area contributed by atoms with Gasteiger partial charge in [-0.2, -0.15) is 0 Å². The molecule has 0 heterocycles. The molecule has 0 aliphatic heterocycles. The van der Waals surface area contributed by atoms with Gasteiger partial charge in [-0.05, 0) is 18.4 Å². The van der Waals surface area contributed by atoms with Crippen LogP contribution in [0.1, 0.15) is 34.1 Å². The zero-order valence-corrected chi connectivity index (χ0v) is 11.1. The first kappa shape index (κ1) is 14.0. The third-order valence-electron chi connectivity index (χ3n) is 2.12. The number of rotatable bonds is 3. The molecular formula is C12H24N2O. The number of allylic oxidation sites excluding steroid dienone is 1. The van der Waals surface area contributed by atoms with Crippen molar-refractivity contribution in [2.24, 2.45) is 5.41 Å². The normalized spacial score (nSPS) is 12.6. The standard InChI is InChI=1S/C12H24N2O/c1-8-10(13(5)6)14(7)11(15)9-12(2,3)4/h8H,9H2,1-7H3/b10-8-. The summed E-state index contributed by atoms with van der Waals surface area (Å²) in [5, 5.41) is 0. The van der Waals surface area contributed by atoms with Gasteiger partial charge in [0.25, 0.3) is 0 Å². The zero-order valence-electron chi connectivity index (χ0n) is 11.1. The Bertz CT molecular complexity index is 249. The lowest BCUT2D eigenvalue weighted by Gasteiger charge is -2.29. The van der Waals surface area contributed by atoms with Gasteiger partial charge in [0.05, 0.1) is 0 Å². The Balaban J connectivity index is 4.58. The summed E-state index contributed by atoms with van der Waals surface area (Å²) in [6, 6.07) is 0. The van der Waals surface area contributed by atoms with Crippen molar-refractivity contribution in [1.82, 2.24) is 9.80 Å². The lowest BCUT2D eigenvalue weighted by atomic mass is 9.92. The first-order chi connectivity index (χ1) is 6.69. The van der Waals surface area contributed by atoms with Gasteiger partial charge in [-0.15, -0.1) is 0 Å². The smallest absolute Gasteiger partial charge is 0.228 e. The average molecular weight is 212 g/mol. The minimum Gasteiger partial charge on any atom is -0.364 e. The molecule has 0 radical (unpaired) electrons. The Labute approximate surface area is 93.7 Å². The molecule has 0 aliphatic carbocycles. The Morgan fingerprint density at radius 1 is 1.20 bits per heavy atom. The van der Waals surface area contributed by atoms with Crippen LogP contribution in [-0.2, 0) is 4.79 Å². The molecule has 0 bridgehead atoms. The predicted molar refractivity (Wildman–Crippen MR) is 64.3 cm³/mol. The van der Waals surface area contributed by atoms with Crippen molar-refractivity contribution in [3.05, 3.63) is 11.9 Å². The van der Waals surface area contributed by atoms with Crippen molar-refractivity contribution in [1.29, 1.82) is 0 Å². The van der Waals surface area contributed by atoms with Crippen LogP contribution in [0.4, 0.5) is 0 Å². The summed E-state index contributed by atoms with van der Waals surface area (Å²) < 4.78 is 0. The fourth-order valence-electron chi connectivity index (χ4n) is 1.45. The fourth-order valence-corrected chi connectivity index (χ4v) is 1.45. The predicted octanol–water partition coefficient (Wildman–Crippen LogP) is 2.30. The van der Waals surface area contributed by atoms with Crippen molar-refractivity contribution in [2.75, 3.05) is 21.1 Å². The van der Waals surface area contributed by atoms with Gasteiger partial charge >= 0.3 is 0 Å². The second-order valence-electron chi connectivity index (χ2n) is 5.23. The topological polar surface area (TPSA) is 23.6 Å². The highest BCUT2D eigenvalue weighted by Crippen LogP contribution is 2.20. The second kappa shape index (κ2) is 5.19. The highest BCUT2D eigenvalue weighted by molar-refractivity contribution is 5.78. The summed E-state index contributed by atoms with van der Waals surface area (Å²) >= 11 is 0.